The van der Waals surface area contributed by atoms with Crippen LogP contribution in [0.3, 0.4) is 0 Å². The van der Waals surface area contributed by atoms with Gasteiger partial charge in [0.25, 0.3) is 5.91 Å². The summed E-state index contributed by atoms with van der Waals surface area (Å²) in [6, 6.07) is 10.3. The summed E-state index contributed by atoms with van der Waals surface area (Å²) in [5, 5.41) is 4.42. The average molecular weight is 275 g/mol. The van der Waals surface area contributed by atoms with Crippen molar-refractivity contribution in [3.05, 3.63) is 52.2 Å². The van der Waals surface area contributed by atoms with E-state index in [9.17, 15) is 9.59 Å². The number of nitrogens with one attached hydrogen (secondary N) is 1. The zero-order chi connectivity index (χ0) is 13.7. The molecule has 0 saturated heterocycles. The number of ether oxygens (including phenoxy) is 1. The minimum Gasteiger partial charge on any atom is -0.497 e. The van der Waals surface area contributed by atoms with Crippen LogP contribution in [0.5, 0.6) is 5.75 Å². The Labute approximate surface area is 115 Å². The normalized spacial score (nSPS) is 9.95. The fourth-order valence-corrected chi connectivity index (χ4v) is 2.17. The molecule has 98 valence electrons. The molecule has 0 aliphatic heterocycles. The van der Waals surface area contributed by atoms with Crippen molar-refractivity contribution in [2.75, 3.05) is 13.7 Å². The molecule has 1 N–H and O–H groups in total. The number of carbonyl (C=O) groups excluding carboxylic acids is 2. The first-order chi connectivity index (χ1) is 9.20. The lowest BCUT2D eigenvalue weighted by Gasteiger charge is -2.04. The summed E-state index contributed by atoms with van der Waals surface area (Å²) in [5.74, 6) is 0.337. The second-order valence-corrected chi connectivity index (χ2v) is 4.76. The summed E-state index contributed by atoms with van der Waals surface area (Å²) in [6.07, 6.45) is 0. The molecule has 0 saturated carbocycles. The lowest BCUT2D eigenvalue weighted by atomic mass is 10.1. The fourth-order valence-electron chi connectivity index (χ4n) is 1.53. The topological polar surface area (TPSA) is 55.4 Å². The molecule has 2 rings (SSSR count). The van der Waals surface area contributed by atoms with Gasteiger partial charge < -0.3 is 10.1 Å². The third kappa shape index (κ3) is 3.42. The predicted octanol–water partition coefficient (Wildman–Crippen LogP) is 2.37. The standard InChI is InChI=1S/C14H13NO3S/c1-18-11-6-4-10(5-7-11)12(16)9-15-14(17)13-3-2-8-19-13/h2-8H,9H2,1H3,(H,15,17). The first kappa shape index (κ1) is 13.3. The highest BCUT2D eigenvalue weighted by atomic mass is 32.1. The summed E-state index contributed by atoms with van der Waals surface area (Å²) >= 11 is 1.34. The zero-order valence-corrected chi connectivity index (χ0v) is 11.2. The van der Waals surface area contributed by atoms with Gasteiger partial charge in [-0.2, -0.15) is 0 Å². The van der Waals surface area contributed by atoms with E-state index in [-0.39, 0.29) is 18.2 Å². The molecule has 2 aromatic rings. The number of thiophene rings is 1. The molecule has 1 amide bonds. The van der Waals surface area contributed by atoms with Crippen LogP contribution in [0.25, 0.3) is 0 Å². The highest BCUT2D eigenvalue weighted by Gasteiger charge is 2.10. The van der Waals surface area contributed by atoms with E-state index < -0.39 is 0 Å². The van der Waals surface area contributed by atoms with E-state index in [1.807, 2.05) is 5.38 Å². The number of rotatable bonds is 5. The first-order valence-electron chi connectivity index (χ1n) is 5.69. The molecule has 1 aromatic heterocycles. The maximum Gasteiger partial charge on any atom is 0.261 e. The molecule has 0 atom stereocenters. The molecule has 4 nitrogen and oxygen atoms in total. The molecular formula is C14H13NO3S. The Morgan fingerprint density at radius 3 is 2.53 bits per heavy atom. The molecule has 0 aliphatic rings. The Balaban J connectivity index is 1.92. The third-order valence-corrected chi connectivity index (χ3v) is 3.44. The molecular weight excluding hydrogens is 262 g/mol. The van der Waals surface area contributed by atoms with Crippen LogP contribution in [0.4, 0.5) is 0 Å². The molecule has 0 spiro atoms. The van der Waals surface area contributed by atoms with Crippen molar-refractivity contribution in [3.8, 4) is 5.75 Å². The molecule has 0 aliphatic carbocycles. The second-order valence-electron chi connectivity index (χ2n) is 3.81. The molecule has 0 fully saturated rings. The molecule has 1 aromatic carbocycles. The van der Waals surface area contributed by atoms with Crippen molar-refractivity contribution in [2.45, 2.75) is 0 Å². The largest absolute Gasteiger partial charge is 0.497 e. The number of carbonyl (C=O) groups is 2. The van der Waals surface area contributed by atoms with Crippen LogP contribution in [-0.4, -0.2) is 25.3 Å². The van der Waals surface area contributed by atoms with Crippen molar-refractivity contribution in [1.29, 1.82) is 0 Å². The van der Waals surface area contributed by atoms with Crippen LogP contribution in [0.2, 0.25) is 0 Å². The van der Waals surface area contributed by atoms with Gasteiger partial charge in [-0.25, -0.2) is 0 Å². The van der Waals surface area contributed by atoms with E-state index in [1.54, 1.807) is 43.5 Å². The van der Waals surface area contributed by atoms with Gasteiger partial charge in [-0.3, -0.25) is 9.59 Å². The van der Waals surface area contributed by atoms with Crippen molar-refractivity contribution in [3.63, 3.8) is 0 Å². The van der Waals surface area contributed by atoms with Crippen molar-refractivity contribution >= 4 is 23.0 Å². The van der Waals surface area contributed by atoms with Gasteiger partial charge >= 0.3 is 0 Å². The maximum absolute atomic E-state index is 11.9. The number of ketones is 1. The van der Waals surface area contributed by atoms with E-state index in [1.165, 1.54) is 11.3 Å². The van der Waals surface area contributed by atoms with Gasteiger partial charge in [-0.1, -0.05) is 6.07 Å². The second kappa shape index (κ2) is 6.15. The van der Waals surface area contributed by atoms with Gasteiger partial charge in [0, 0.05) is 5.56 Å². The number of Topliss-reactive ketones (excluding diaryl/α,β-unsaturated/α-hetero) is 1. The van der Waals surface area contributed by atoms with Crippen molar-refractivity contribution in [2.24, 2.45) is 0 Å². The summed E-state index contributed by atoms with van der Waals surface area (Å²) in [7, 11) is 1.57. The van der Waals surface area contributed by atoms with E-state index in [2.05, 4.69) is 5.32 Å². The lowest BCUT2D eigenvalue weighted by Crippen LogP contribution is -2.28. The fraction of sp³-hybridized carbons (Fsp3) is 0.143. The number of methoxy groups -OCH3 is 1. The van der Waals surface area contributed by atoms with Crippen LogP contribution in [0.15, 0.2) is 41.8 Å². The van der Waals surface area contributed by atoms with Gasteiger partial charge in [0.05, 0.1) is 18.5 Å². The molecule has 0 unspecified atom stereocenters. The molecule has 19 heavy (non-hydrogen) atoms. The summed E-state index contributed by atoms with van der Waals surface area (Å²) in [5.41, 5.74) is 0.548. The summed E-state index contributed by atoms with van der Waals surface area (Å²) in [4.78, 5) is 24.1. The maximum atomic E-state index is 11.9. The van der Waals surface area contributed by atoms with Crippen LogP contribution >= 0.6 is 11.3 Å². The average Bonchev–Trinajstić information content (AvgIpc) is 2.98. The van der Waals surface area contributed by atoms with E-state index in [0.717, 1.165) is 0 Å². The van der Waals surface area contributed by atoms with Gasteiger partial charge in [-0.15, -0.1) is 11.3 Å². The Bertz CT molecular complexity index is 561. The Kier molecular flexibility index (Phi) is 4.30. The number of hydrogen-bond donors (Lipinski definition) is 1. The van der Waals surface area contributed by atoms with Crippen LogP contribution in [-0.2, 0) is 0 Å². The quantitative estimate of drug-likeness (QED) is 0.852. The predicted molar refractivity (Wildman–Crippen MR) is 74.0 cm³/mol. The van der Waals surface area contributed by atoms with Crippen LogP contribution in [0.1, 0.15) is 20.0 Å². The van der Waals surface area contributed by atoms with Gasteiger partial charge in [0.2, 0.25) is 0 Å². The summed E-state index contributed by atoms with van der Waals surface area (Å²) in [6.45, 7) is -0.0109. The Morgan fingerprint density at radius 2 is 1.95 bits per heavy atom. The van der Waals surface area contributed by atoms with Gasteiger partial charge in [0.1, 0.15) is 5.75 Å². The summed E-state index contributed by atoms with van der Waals surface area (Å²) < 4.78 is 5.02. The third-order valence-electron chi connectivity index (χ3n) is 2.57. The molecule has 1 heterocycles. The highest BCUT2D eigenvalue weighted by Crippen LogP contribution is 2.12. The monoisotopic (exact) mass is 275 g/mol. The Morgan fingerprint density at radius 1 is 1.21 bits per heavy atom. The lowest BCUT2D eigenvalue weighted by molar-refractivity contribution is 0.0906. The van der Waals surface area contributed by atoms with Crippen molar-refractivity contribution < 1.29 is 14.3 Å². The number of amides is 1. The van der Waals surface area contributed by atoms with E-state index >= 15 is 0 Å². The molecule has 5 heteroatoms. The minimum absolute atomic E-state index is 0.0109. The van der Waals surface area contributed by atoms with Gasteiger partial charge in [-0.05, 0) is 35.7 Å². The van der Waals surface area contributed by atoms with Crippen LogP contribution < -0.4 is 10.1 Å². The van der Waals surface area contributed by atoms with Crippen molar-refractivity contribution in [1.82, 2.24) is 5.32 Å². The molecule has 0 radical (unpaired) electrons. The number of benzene rings is 1. The SMILES string of the molecule is COc1ccc(C(=O)CNC(=O)c2cccs2)cc1. The smallest absolute Gasteiger partial charge is 0.261 e. The van der Waals surface area contributed by atoms with Gasteiger partial charge in [0.15, 0.2) is 5.78 Å². The van der Waals surface area contributed by atoms with E-state index in [0.29, 0.717) is 16.2 Å². The highest BCUT2D eigenvalue weighted by molar-refractivity contribution is 7.12. The van der Waals surface area contributed by atoms with E-state index in [4.69, 9.17) is 4.74 Å². The zero-order valence-electron chi connectivity index (χ0n) is 10.4. The Hall–Kier alpha value is -2.14. The first-order valence-corrected chi connectivity index (χ1v) is 6.57. The molecule has 0 bridgehead atoms. The number of hydrogen-bond acceptors (Lipinski definition) is 4. The minimum atomic E-state index is -0.225. The van der Waals surface area contributed by atoms with Crippen LogP contribution in [0, 0.1) is 0 Å².